The lowest BCUT2D eigenvalue weighted by Gasteiger charge is -1.88. The zero-order valence-corrected chi connectivity index (χ0v) is 5.57. The Labute approximate surface area is 54.2 Å². The van der Waals surface area contributed by atoms with Crippen molar-refractivity contribution in [1.82, 2.24) is 0 Å². The highest BCUT2D eigenvalue weighted by molar-refractivity contribution is 5.92. The summed E-state index contributed by atoms with van der Waals surface area (Å²) in [6.45, 7) is 3.86. The van der Waals surface area contributed by atoms with Gasteiger partial charge in [0.2, 0.25) is 0 Å². The molecule has 1 heterocycles. The van der Waals surface area contributed by atoms with Crippen LogP contribution >= 0.6 is 0 Å². The van der Waals surface area contributed by atoms with Crippen LogP contribution in [0.4, 0.5) is 0 Å². The monoisotopic (exact) mass is 123 g/mol. The number of hydrogen-bond acceptors (Lipinski definition) is 3. The van der Waals surface area contributed by atoms with E-state index < -0.39 is 0 Å². The summed E-state index contributed by atoms with van der Waals surface area (Å²) < 4.78 is 0. The molecule has 1 rings (SSSR count). The smallest absolute Gasteiger partial charge is 0.0886 e. The molecule has 1 aliphatic heterocycles. The first-order chi connectivity index (χ1) is 4.29. The zero-order chi connectivity index (χ0) is 6.69. The van der Waals surface area contributed by atoms with Gasteiger partial charge in [0.1, 0.15) is 0 Å². The minimum Gasteiger partial charge on any atom is -0.162 e. The van der Waals surface area contributed by atoms with Crippen molar-refractivity contribution >= 4 is 5.71 Å². The van der Waals surface area contributed by atoms with E-state index in [1.807, 2.05) is 26.0 Å². The fourth-order valence-electron chi connectivity index (χ4n) is 0.528. The number of allylic oxidation sites excluding steroid dienone is 1. The van der Waals surface area contributed by atoms with Crippen LogP contribution in [0, 0.1) is 0 Å². The van der Waals surface area contributed by atoms with Crippen molar-refractivity contribution in [3.05, 3.63) is 12.2 Å². The molecule has 3 nitrogen and oxygen atoms in total. The van der Waals surface area contributed by atoms with Gasteiger partial charge in [0.15, 0.2) is 0 Å². The van der Waals surface area contributed by atoms with Gasteiger partial charge in [-0.25, -0.2) is 0 Å². The molecule has 0 fully saturated rings. The van der Waals surface area contributed by atoms with Crippen molar-refractivity contribution in [2.75, 3.05) is 0 Å². The summed E-state index contributed by atoms with van der Waals surface area (Å²) in [6, 6.07) is 0.172. The van der Waals surface area contributed by atoms with Crippen LogP contribution < -0.4 is 0 Å². The Morgan fingerprint density at radius 2 is 2.33 bits per heavy atom. The van der Waals surface area contributed by atoms with Gasteiger partial charge in [-0.3, -0.25) is 0 Å². The van der Waals surface area contributed by atoms with Crippen molar-refractivity contribution in [3.8, 4) is 0 Å². The van der Waals surface area contributed by atoms with E-state index in [0.717, 1.165) is 5.71 Å². The average Bonchev–Trinajstić information content (AvgIpc) is 1.97. The molecule has 9 heavy (non-hydrogen) atoms. The van der Waals surface area contributed by atoms with Gasteiger partial charge in [-0.05, 0) is 25.1 Å². The van der Waals surface area contributed by atoms with Gasteiger partial charge in [0.25, 0.3) is 0 Å². The molecule has 0 saturated carbocycles. The number of hydrogen-bond donors (Lipinski definition) is 0. The van der Waals surface area contributed by atoms with E-state index in [4.69, 9.17) is 0 Å². The van der Waals surface area contributed by atoms with Crippen LogP contribution in [0.1, 0.15) is 13.8 Å². The fourth-order valence-corrected chi connectivity index (χ4v) is 0.528. The predicted octanol–water partition coefficient (Wildman–Crippen LogP) is 1.77. The highest BCUT2D eigenvalue weighted by Crippen LogP contribution is 1.98. The van der Waals surface area contributed by atoms with Crippen LogP contribution in [0.15, 0.2) is 27.6 Å². The minimum absolute atomic E-state index is 0.172. The number of rotatable bonds is 0. The van der Waals surface area contributed by atoms with E-state index in [-0.39, 0.29) is 6.04 Å². The van der Waals surface area contributed by atoms with Crippen LogP contribution in [0.25, 0.3) is 0 Å². The van der Waals surface area contributed by atoms with E-state index >= 15 is 0 Å². The third-order valence-corrected chi connectivity index (χ3v) is 1.05. The summed E-state index contributed by atoms with van der Waals surface area (Å²) in [4.78, 5) is 0. The summed E-state index contributed by atoms with van der Waals surface area (Å²) in [7, 11) is 0. The molecule has 0 N–H and O–H groups in total. The van der Waals surface area contributed by atoms with Gasteiger partial charge in [-0.15, -0.1) is 5.10 Å². The molecular formula is C6H9N3. The maximum atomic E-state index is 3.82. The molecule has 0 amide bonds. The topological polar surface area (TPSA) is 37.1 Å². The molecule has 0 bridgehead atoms. The van der Waals surface area contributed by atoms with Gasteiger partial charge in [-0.2, -0.15) is 5.11 Å². The molecule has 0 radical (unpaired) electrons. The van der Waals surface area contributed by atoms with Gasteiger partial charge >= 0.3 is 0 Å². The molecule has 1 unspecified atom stereocenters. The Morgan fingerprint density at radius 3 is 3.11 bits per heavy atom. The Kier molecular flexibility index (Phi) is 1.72. The lowest BCUT2D eigenvalue weighted by Crippen LogP contribution is -1.88. The SMILES string of the molecule is CC1=NN=NC(C)C=C1. The highest BCUT2D eigenvalue weighted by Gasteiger charge is 1.94. The van der Waals surface area contributed by atoms with Crippen LogP contribution in [-0.2, 0) is 0 Å². The van der Waals surface area contributed by atoms with Crippen molar-refractivity contribution in [3.63, 3.8) is 0 Å². The first-order valence-corrected chi connectivity index (χ1v) is 2.91. The Balaban J connectivity index is 2.75. The first kappa shape index (κ1) is 6.13. The lowest BCUT2D eigenvalue weighted by atomic mass is 10.3. The Morgan fingerprint density at radius 1 is 1.56 bits per heavy atom. The normalized spacial score (nSPS) is 25.6. The predicted molar refractivity (Wildman–Crippen MR) is 36.6 cm³/mol. The van der Waals surface area contributed by atoms with Gasteiger partial charge in [0.05, 0.1) is 11.8 Å². The molecule has 48 valence electrons. The van der Waals surface area contributed by atoms with Gasteiger partial charge in [-0.1, -0.05) is 6.08 Å². The largest absolute Gasteiger partial charge is 0.162 e. The van der Waals surface area contributed by atoms with E-state index in [1.165, 1.54) is 0 Å². The zero-order valence-electron chi connectivity index (χ0n) is 5.57. The van der Waals surface area contributed by atoms with Gasteiger partial charge in [0, 0.05) is 0 Å². The van der Waals surface area contributed by atoms with Crippen molar-refractivity contribution in [2.45, 2.75) is 19.9 Å². The molecule has 0 aliphatic carbocycles. The van der Waals surface area contributed by atoms with Crippen molar-refractivity contribution in [2.24, 2.45) is 15.4 Å². The van der Waals surface area contributed by atoms with E-state index in [1.54, 1.807) is 0 Å². The maximum absolute atomic E-state index is 3.82. The fraction of sp³-hybridized carbons (Fsp3) is 0.500. The average molecular weight is 123 g/mol. The maximum Gasteiger partial charge on any atom is 0.0886 e. The summed E-state index contributed by atoms with van der Waals surface area (Å²) in [5.74, 6) is 0. The molecule has 3 heteroatoms. The molecule has 1 aliphatic rings. The Hall–Kier alpha value is -0.990. The first-order valence-electron chi connectivity index (χ1n) is 2.91. The van der Waals surface area contributed by atoms with Crippen molar-refractivity contribution in [1.29, 1.82) is 0 Å². The quantitative estimate of drug-likeness (QED) is 0.470. The van der Waals surface area contributed by atoms with Crippen LogP contribution in [0.5, 0.6) is 0 Å². The molecule has 0 aromatic carbocycles. The second-order valence-corrected chi connectivity index (χ2v) is 2.05. The molecule has 0 saturated heterocycles. The summed E-state index contributed by atoms with van der Waals surface area (Å²) >= 11 is 0. The summed E-state index contributed by atoms with van der Waals surface area (Å²) in [5, 5.41) is 11.2. The Bertz CT molecular complexity index is 179. The minimum atomic E-state index is 0.172. The van der Waals surface area contributed by atoms with Gasteiger partial charge < -0.3 is 0 Å². The number of nitrogens with zero attached hydrogens (tertiary/aromatic N) is 3. The van der Waals surface area contributed by atoms with E-state index in [9.17, 15) is 0 Å². The van der Waals surface area contributed by atoms with Crippen LogP contribution in [-0.4, -0.2) is 11.8 Å². The molecular weight excluding hydrogens is 114 g/mol. The highest BCUT2D eigenvalue weighted by atomic mass is 15.4. The molecule has 1 atom stereocenters. The third-order valence-electron chi connectivity index (χ3n) is 1.05. The van der Waals surface area contributed by atoms with Crippen molar-refractivity contribution < 1.29 is 0 Å². The second kappa shape index (κ2) is 2.53. The van der Waals surface area contributed by atoms with Crippen LogP contribution in [0.3, 0.4) is 0 Å². The molecule has 0 aromatic rings. The third kappa shape index (κ3) is 1.76. The second-order valence-electron chi connectivity index (χ2n) is 2.05. The molecule has 0 aromatic heterocycles. The standard InChI is InChI=1S/C6H9N3/c1-5-3-4-6(2)8-9-7-5/h3-5H,1-2H3. The summed E-state index contributed by atoms with van der Waals surface area (Å²) in [6.07, 6.45) is 3.89. The molecule has 0 spiro atoms. The summed E-state index contributed by atoms with van der Waals surface area (Å²) in [5.41, 5.74) is 0.906. The van der Waals surface area contributed by atoms with E-state index in [2.05, 4.69) is 15.4 Å². The van der Waals surface area contributed by atoms with Crippen LogP contribution in [0.2, 0.25) is 0 Å². The van der Waals surface area contributed by atoms with E-state index in [0.29, 0.717) is 0 Å². The lowest BCUT2D eigenvalue weighted by molar-refractivity contribution is 0.820.